The van der Waals surface area contributed by atoms with Crippen LogP contribution < -0.4 is 0 Å². The Labute approximate surface area is 119 Å². The highest BCUT2D eigenvalue weighted by Crippen LogP contribution is 2.15. The zero-order chi connectivity index (χ0) is 15.4. The van der Waals surface area contributed by atoms with Crippen LogP contribution in [0.4, 0.5) is 4.39 Å². The van der Waals surface area contributed by atoms with Gasteiger partial charge in [0.1, 0.15) is 11.6 Å². The largest absolute Gasteiger partial charge is 0.506 e. The number of aliphatic carboxylic acids is 1. The zero-order valence-electron chi connectivity index (χ0n) is 10.8. The quantitative estimate of drug-likeness (QED) is 0.447. The van der Waals surface area contributed by atoms with Gasteiger partial charge in [-0.3, -0.25) is 4.79 Å². The van der Waals surface area contributed by atoms with Crippen molar-refractivity contribution in [1.29, 1.82) is 0 Å². The SMILES string of the molecule is O=C(O)C(=O)C=C(O)c1ccc(Cc2cccc(F)c2)[nH]1. The Kier molecular flexibility index (Phi) is 4.18. The van der Waals surface area contributed by atoms with Crippen LogP contribution in [0.1, 0.15) is 17.0 Å². The van der Waals surface area contributed by atoms with E-state index in [2.05, 4.69) is 4.98 Å². The number of aliphatic hydroxyl groups is 1. The Bertz CT molecular complexity index is 718. The molecule has 6 heteroatoms. The molecule has 0 unspecified atom stereocenters. The van der Waals surface area contributed by atoms with E-state index in [4.69, 9.17) is 5.11 Å². The fraction of sp³-hybridized carbons (Fsp3) is 0.0667. The summed E-state index contributed by atoms with van der Waals surface area (Å²) in [6.07, 6.45) is 1.04. The lowest BCUT2D eigenvalue weighted by Crippen LogP contribution is -2.09. The third-order valence-electron chi connectivity index (χ3n) is 2.78. The van der Waals surface area contributed by atoms with E-state index in [1.165, 1.54) is 18.2 Å². The van der Waals surface area contributed by atoms with Crippen molar-refractivity contribution in [2.75, 3.05) is 0 Å². The van der Waals surface area contributed by atoms with Crippen molar-refractivity contribution in [3.8, 4) is 0 Å². The smallest absolute Gasteiger partial charge is 0.376 e. The van der Waals surface area contributed by atoms with E-state index in [9.17, 15) is 19.1 Å². The summed E-state index contributed by atoms with van der Waals surface area (Å²) in [5.41, 5.74) is 1.66. The summed E-state index contributed by atoms with van der Waals surface area (Å²) in [4.78, 5) is 24.2. The molecule has 0 aliphatic rings. The summed E-state index contributed by atoms with van der Waals surface area (Å²) < 4.78 is 13.1. The highest BCUT2D eigenvalue weighted by Gasteiger charge is 2.11. The number of benzene rings is 1. The van der Waals surface area contributed by atoms with Gasteiger partial charge in [0.25, 0.3) is 5.78 Å². The molecular formula is C15H12FNO4. The number of carbonyl (C=O) groups excluding carboxylic acids is 1. The lowest BCUT2D eigenvalue weighted by atomic mass is 10.1. The number of carbonyl (C=O) groups is 2. The third kappa shape index (κ3) is 3.79. The number of H-pyrrole nitrogens is 1. The van der Waals surface area contributed by atoms with E-state index in [-0.39, 0.29) is 11.5 Å². The number of hydrogen-bond donors (Lipinski definition) is 3. The van der Waals surface area contributed by atoms with Gasteiger partial charge in [0.2, 0.25) is 0 Å². The van der Waals surface area contributed by atoms with Crippen molar-refractivity contribution in [3.63, 3.8) is 0 Å². The second-order valence-corrected chi connectivity index (χ2v) is 4.40. The molecule has 0 spiro atoms. The predicted octanol–water partition coefficient (Wildman–Crippen LogP) is 2.30. The van der Waals surface area contributed by atoms with Crippen LogP contribution in [0.25, 0.3) is 5.76 Å². The van der Waals surface area contributed by atoms with Crippen LogP contribution in [0, 0.1) is 5.82 Å². The monoisotopic (exact) mass is 289 g/mol. The van der Waals surface area contributed by atoms with Crippen molar-refractivity contribution < 1.29 is 24.2 Å². The van der Waals surface area contributed by atoms with Gasteiger partial charge in [-0.1, -0.05) is 12.1 Å². The molecule has 1 aromatic carbocycles. The molecule has 2 rings (SSSR count). The molecule has 0 aliphatic heterocycles. The number of carboxylic acids is 1. The van der Waals surface area contributed by atoms with Gasteiger partial charge in [-0.2, -0.15) is 0 Å². The van der Waals surface area contributed by atoms with Crippen molar-refractivity contribution in [2.24, 2.45) is 0 Å². The van der Waals surface area contributed by atoms with Gasteiger partial charge in [0.15, 0.2) is 0 Å². The van der Waals surface area contributed by atoms with Crippen LogP contribution in [0.15, 0.2) is 42.5 Å². The molecule has 1 heterocycles. The van der Waals surface area contributed by atoms with Crippen LogP contribution in [-0.2, 0) is 16.0 Å². The molecule has 0 aliphatic carbocycles. The summed E-state index contributed by atoms with van der Waals surface area (Å²) in [6, 6.07) is 9.26. The van der Waals surface area contributed by atoms with Crippen LogP contribution in [-0.4, -0.2) is 26.9 Å². The molecular weight excluding hydrogens is 277 g/mol. The Balaban J connectivity index is 2.15. The number of hydrogen-bond acceptors (Lipinski definition) is 3. The predicted molar refractivity (Wildman–Crippen MR) is 73.2 cm³/mol. The van der Waals surface area contributed by atoms with Gasteiger partial charge in [0.05, 0.1) is 5.69 Å². The summed E-state index contributed by atoms with van der Waals surface area (Å²) in [5, 5.41) is 18.1. The molecule has 3 N–H and O–H groups in total. The van der Waals surface area contributed by atoms with Gasteiger partial charge in [0, 0.05) is 18.2 Å². The number of aliphatic hydroxyl groups excluding tert-OH is 1. The first kappa shape index (κ1) is 14.5. The second-order valence-electron chi connectivity index (χ2n) is 4.40. The van der Waals surface area contributed by atoms with Gasteiger partial charge >= 0.3 is 5.97 Å². The molecule has 0 atom stereocenters. The fourth-order valence-electron chi connectivity index (χ4n) is 1.82. The average Bonchev–Trinajstić information content (AvgIpc) is 2.87. The van der Waals surface area contributed by atoms with E-state index in [0.717, 1.165) is 5.56 Å². The van der Waals surface area contributed by atoms with Crippen molar-refractivity contribution >= 4 is 17.5 Å². The maximum atomic E-state index is 13.1. The van der Waals surface area contributed by atoms with Crippen molar-refractivity contribution in [2.45, 2.75) is 6.42 Å². The number of aromatic amines is 1. The molecule has 0 fully saturated rings. The molecule has 2 aromatic rings. The molecule has 0 amide bonds. The lowest BCUT2D eigenvalue weighted by Gasteiger charge is -2.00. The first-order valence-electron chi connectivity index (χ1n) is 6.06. The van der Waals surface area contributed by atoms with Crippen LogP contribution in [0.5, 0.6) is 0 Å². The highest BCUT2D eigenvalue weighted by molar-refractivity contribution is 6.38. The van der Waals surface area contributed by atoms with Gasteiger partial charge in [-0.15, -0.1) is 0 Å². The average molecular weight is 289 g/mol. The summed E-state index contributed by atoms with van der Waals surface area (Å²) >= 11 is 0. The molecule has 5 nitrogen and oxygen atoms in total. The number of nitrogens with one attached hydrogen (secondary N) is 1. The zero-order valence-corrected chi connectivity index (χ0v) is 10.8. The molecule has 21 heavy (non-hydrogen) atoms. The number of aromatic nitrogens is 1. The third-order valence-corrected chi connectivity index (χ3v) is 2.78. The first-order valence-corrected chi connectivity index (χ1v) is 6.06. The Morgan fingerprint density at radius 1 is 1.19 bits per heavy atom. The maximum absolute atomic E-state index is 13.1. The van der Waals surface area contributed by atoms with Gasteiger partial charge < -0.3 is 15.2 Å². The lowest BCUT2D eigenvalue weighted by molar-refractivity contribution is -0.146. The van der Waals surface area contributed by atoms with Gasteiger partial charge in [-0.25, -0.2) is 9.18 Å². The molecule has 1 aromatic heterocycles. The van der Waals surface area contributed by atoms with Crippen molar-refractivity contribution in [3.05, 3.63) is 65.2 Å². The van der Waals surface area contributed by atoms with E-state index in [0.29, 0.717) is 18.2 Å². The summed E-state index contributed by atoms with van der Waals surface area (Å²) in [5.74, 6) is -3.66. The summed E-state index contributed by atoms with van der Waals surface area (Å²) in [7, 11) is 0. The fourth-order valence-corrected chi connectivity index (χ4v) is 1.82. The van der Waals surface area contributed by atoms with Crippen LogP contribution >= 0.6 is 0 Å². The minimum absolute atomic E-state index is 0.219. The molecule has 0 radical (unpaired) electrons. The van der Waals surface area contributed by atoms with Crippen LogP contribution in [0.2, 0.25) is 0 Å². The van der Waals surface area contributed by atoms with Crippen molar-refractivity contribution in [1.82, 2.24) is 4.98 Å². The van der Waals surface area contributed by atoms with E-state index < -0.39 is 17.5 Å². The van der Waals surface area contributed by atoms with Gasteiger partial charge in [-0.05, 0) is 29.8 Å². The Hall–Kier alpha value is -2.89. The number of rotatable bonds is 5. The molecule has 0 saturated carbocycles. The molecule has 0 bridgehead atoms. The van der Waals surface area contributed by atoms with Crippen LogP contribution in [0.3, 0.4) is 0 Å². The topological polar surface area (TPSA) is 90.4 Å². The minimum Gasteiger partial charge on any atom is -0.506 e. The Morgan fingerprint density at radius 2 is 1.95 bits per heavy atom. The minimum atomic E-state index is -1.65. The number of ketones is 1. The maximum Gasteiger partial charge on any atom is 0.376 e. The van der Waals surface area contributed by atoms with E-state index in [1.54, 1.807) is 18.2 Å². The summed E-state index contributed by atoms with van der Waals surface area (Å²) in [6.45, 7) is 0. The highest BCUT2D eigenvalue weighted by atomic mass is 19.1. The second kappa shape index (κ2) is 6.04. The van der Waals surface area contributed by atoms with E-state index in [1.807, 2.05) is 0 Å². The first-order chi connectivity index (χ1) is 9.95. The molecule has 0 saturated heterocycles. The van der Waals surface area contributed by atoms with E-state index >= 15 is 0 Å². The normalized spacial score (nSPS) is 11.4. The standard InChI is InChI=1S/C15H12FNO4/c16-10-3-1-2-9(6-10)7-11-4-5-12(17-11)13(18)8-14(19)15(20)21/h1-6,8,17-18H,7H2,(H,20,21). The molecule has 108 valence electrons. The Morgan fingerprint density at radius 3 is 2.62 bits per heavy atom. The number of carboxylic acid groups (broad SMARTS) is 1. The number of halogens is 1.